The Hall–Kier alpha value is -1.62. The Bertz CT molecular complexity index is 708. The highest BCUT2D eigenvalue weighted by Gasteiger charge is 2.22. The first-order valence-electron chi connectivity index (χ1n) is 11.8. The number of hydrogen-bond acceptors (Lipinski definition) is 0. The molecule has 0 atom stereocenters. The number of hydrogen-bond donors (Lipinski definition) is 0. The summed E-state index contributed by atoms with van der Waals surface area (Å²) in [5, 5.41) is 0. The Labute approximate surface area is 176 Å². The highest BCUT2D eigenvalue weighted by molar-refractivity contribution is 5.23. The molecule has 0 aromatic heterocycles. The van der Waals surface area contributed by atoms with E-state index in [4.69, 9.17) is 0 Å². The van der Waals surface area contributed by atoms with Gasteiger partial charge in [0.05, 0.1) is 0 Å². The van der Waals surface area contributed by atoms with E-state index in [0.29, 0.717) is 11.8 Å². The van der Waals surface area contributed by atoms with Gasteiger partial charge in [-0.15, -0.1) is 0 Å². The second-order valence-corrected chi connectivity index (χ2v) is 9.15. The molecule has 2 saturated carbocycles. The van der Waals surface area contributed by atoms with Crippen molar-refractivity contribution < 1.29 is 8.78 Å². The quantitative estimate of drug-likeness (QED) is 0.335. The van der Waals surface area contributed by atoms with Crippen molar-refractivity contribution in [3.8, 4) is 11.8 Å². The molecular weight excluding hydrogens is 362 g/mol. The summed E-state index contributed by atoms with van der Waals surface area (Å²) in [6, 6.07) is 4.35. The molecule has 0 N–H and O–H groups in total. The van der Waals surface area contributed by atoms with Crippen LogP contribution < -0.4 is 0 Å². The predicted molar refractivity (Wildman–Crippen MR) is 118 cm³/mol. The summed E-state index contributed by atoms with van der Waals surface area (Å²) in [4.78, 5) is 0. The van der Waals surface area contributed by atoms with Crippen LogP contribution in [0.25, 0.3) is 0 Å². The molecule has 2 heteroatoms. The van der Waals surface area contributed by atoms with Gasteiger partial charge >= 0.3 is 0 Å². The zero-order valence-electron chi connectivity index (χ0n) is 17.9. The van der Waals surface area contributed by atoms with Gasteiger partial charge in [-0.05, 0) is 92.9 Å². The Morgan fingerprint density at radius 1 is 0.931 bits per heavy atom. The van der Waals surface area contributed by atoms with Gasteiger partial charge in [-0.2, -0.15) is 0 Å². The fourth-order valence-corrected chi connectivity index (χ4v) is 5.04. The third kappa shape index (κ3) is 6.98. The van der Waals surface area contributed by atoms with Crippen LogP contribution in [0.4, 0.5) is 8.78 Å². The number of rotatable bonds is 6. The molecule has 0 aliphatic heterocycles. The van der Waals surface area contributed by atoms with Crippen molar-refractivity contribution in [2.75, 3.05) is 0 Å². The van der Waals surface area contributed by atoms with E-state index >= 15 is 0 Å². The van der Waals surface area contributed by atoms with Crippen molar-refractivity contribution in [3.63, 3.8) is 0 Å². The van der Waals surface area contributed by atoms with Gasteiger partial charge in [0.25, 0.3) is 0 Å². The van der Waals surface area contributed by atoms with E-state index in [1.54, 1.807) is 6.07 Å². The molecule has 0 bridgehead atoms. The van der Waals surface area contributed by atoms with Crippen LogP contribution in [-0.2, 0) is 0 Å². The molecule has 2 fully saturated rings. The number of benzene rings is 1. The molecule has 1 aromatic rings. The van der Waals surface area contributed by atoms with Crippen molar-refractivity contribution in [2.45, 2.75) is 89.9 Å². The summed E-state index contributed by atoms with van der Waals surface area (Å²) in [7, 11) is 0. The summed E-state index contributed by atoms with van der Waals surface area (Å²) in [6.07, 6.45) is 19.5. The van der Waals surface area contributed by atoms with Gasteiger partial charge in [-0.1, -0.05) is 56.6 Å². The van der Waals surface area contributed by atoms with Crippen LogP contribution in [-0.4, -0.2) is 0 Å². The van der Waals surface area contributed by atoms with Crippen LogP contribution in [0.3, 0.4) is 0 Å². The molecule has 0 heterocycles. The van der Waals surface area contributed by atoms with Crippen LogP contribution in [0.15, 0.2) is 30.4 Å². The van der Waals surface area contributed by atoms with Gasteiger partial charge in [-0.3, -0.25) is 0 Å². The summed E-state index contributed by atoms with van der Waals surface area (Å²) in [5.74, 6) is 7.68. The maximum atomic E-state index is 13.5. The molecular formula is C27H36F2. The molecule has 2 aliphatic carbocycles. The SMILES string of the molecule is CCCCCC1CCC(C=CC#CC2CCC(c3ccc(F)c(F)c3)CC2)CC1. The largest absolute Gasteiger partial charge is 0.204 e. The molecule has 0 saturated heterocycles. The van der Waals surface area contributed by atoms with Crippen LogP contribution in [0.5, 0.6) is 0 Å². The molecule has 2 aliphatic rings. The van der Waals surface area contributed by atoms with E-state index in [2.05, 4.69) is 30.9 Å². The number of halogens is 2. The second kappa shape index (κ2) is 11.5. The van der Waals surface area contributed by atoms with Crippen LogP contribution in [0.1, 0.15) is 95.5 Å². The first kappa shape index (κ1) is 22.1. The van der Waals surface area contributed by atoms with Crippen LogP contribution >= 0.6 is 0 Å². The van der Waals surface area contributed by atoms with Gasteiger partial charge < -0.3 is 0 Å². The minimum absolute atomic E-state index is 0.339. The molecule has 0 nitrogen and oxygen atoms in total. The Kier molecular flexibility index (Phi) is 8.78. The first-order chi connectivity index (χ1) is 14.2. The zero-order valence-corrected chi connectivity index (χ0v) is 17.9. The van der Waals surface area contributed by atoms with Crippen molar-refractivity contribution in [1.82, 2.24) is 0 Å². The van der Waals surface area contributed by atoms with Crippen molar-refractivity contribution >= 4 is 0 Å². The van der Waals surface area contributed by atoms with E-state index in [1.807, 2.05) is 0 Å². The van der Waals surface area contributed by atoms with E-state index in [0.717, 1.165) is 43.1 Å². The van der Waals surface area contributed by atoms with Gasteiger partial charge in [0.1, 0.15) is 0 Å². The topological polar surface area (TPSA) is 0 Å². The monoisotopic (exact) mass is 398 g/mol. The maximum Gasteiger partial charge on any atom is 0.159 e. The highest BCUT2D eigenvalue weighted by Crippen LogP contribution is 2.36. The first-order valence-corrected chi connectivity index (χ1v) is 11.8. The highest BCUT2D eigenvalue weighted by atomic mass is 19.2. The number of unbranched alkanes of at least 4 members (excludes halogenated alkanes) is 2. The minimum atomic E-state index is -0.759. The van der Waals surface area contributed by atoms with Gasteiger partial charge in [0, 0.05) is 5.92 Å². The lowest BCUT2D eigenvalue weighted by molar-refractivity contribution is 0.289. The van der Waals surface area contributed by atoms with Gasteiger partial charge in [0.2, 0.25) is 0 Å². The van der Waals surface area contributed by atoms with E-state index < -0.39 is 11.6 Å². The van der Waals surface area contributed by atoms with Crippen LogP contribution in [0.2, 0.25) is 0 Å². The van der Waals surface area contributed by atoms with Gasteiger partial charge in [-0.25, -0.2) is 8.78 Å². The summed E-state index contributed by atoms with van der Waals surface area (Å²) < 4.78 is 26.6. The van der Waals surface area contributed by atoms with Crippen molar-refractivity contribution in [3.05, 3.63) is 47.5 Å². The fourth-order valence-electron chi connectivity index (χ4n) is 5.04. The third-order valence-corrected chi connectivity index (χ3v) is 6.99. The Morgan fingerprint density at radius 3 is 2.38 bits per heavy atom. The maximum absolute atomic E-state index is 13.5. The van der Waals surface area contributed by atoms with Crippen molar-refractivity contribution in [1.29, 1.82) is 0 Å². The lowest BCUT2D eigenvalue weighted by Crippen LogP contribution is -2.13. The molecule has 29 heavy (non-hydrogen) atoms. The smallest absolute Gasteiger partial charge is 0.159 e. The molecule has 0 unspecified atom stereocenters. The number of allylic oxidation sites excluding steroid dienone is 2. The average Bonchev–Trinajstić information content (AvgIpc) is 2.75. The molecule has 1 aromatic carbocycles. The molecule has 0 spiro atoms. The third-order valence-electron chi connectivity index (χ3n) is 6.99. The lowest BCUT2D eigenvalue weighted by Gasteiger charge is -2.26. The Balaban J connectivity index is 1.37. The van der Waals surface area contributed by atoms with E-state index in [1.165, 1.54) is 63.5 Å². The molecule has 158 valence electrons. The van der Waals surface area contributed by atoms with E-state index in [-0.39, 0.29) is 0 Å². The molecule has 0 amide bonds. The standard InChI is InChI=1S/C27H36F2/c1-2-3-4-7-21-10-12-22(13-11-21)8-5-6-9-23-14-16-24(17-15-23)25-18-19-26(28)27(29)20-25/h5,8,18-24H,2-4,7,10-17H2,1H3. The lowest BCUT2D eigenvalue weighted by atomic mass is 9.79. The summed E-state index contributed by atoms with van der Waals surface area (Å²) >= 11 is 0. The summed E-state index contributed by atoms with van der Waals surface area (Å²) in [5.41, 5.74) is 0.931. The molecule has 3 rings (SSSR count). The fraction of sp³-hybridized carbons (Fsp3) is 0.630. The predicted octanol–water partition coefficient (Wildman–Crippen LogP) is 8.18. The normalized spacial score (nSPS) is 27.6. The summed E-state index contributed by atoms with van der Waals surface area (Å²) in [6.45, 7) is 2.28. The van der Waals surface area contributed by atoms with Gasteiger partial charge in [0.15, 0.2) is 11.6 Å². The average molecular weight is 399 g/mol. The molecule has 0 radical (unpaired) electrons. The Morgan fingerprint density at radius 2 is 1.69 bits per heavy atom. The zero-order chi connectivity index (χ0) is 20.5. The second-order valence-electron chi connectivity index (χ2n) is 9.15. The minimum Gasteiger partial charge on any atom is -0.204 e. The van der Waals surface area contributed by atoms with Crippen molar-refractivity contribution in [2.24, 2.45) is 17.8 Å². The van der Waals surface area contributed by atoms with Crippen LogP contribution in [0, 0.1) is 41.2 Å². The van der Waals surface area contributed by atoms with E-state index in [9.17, 15) is 8.78 Å².